The summed E-state index contributed by atoms with van der Waals surface area (Å²) in [6.45, 7) is 0.391. The fourth-order valence-corrected chi connectivity index (χ4v) is 2.90. The number of hydrogen-bond acceptors (Lipinski definition) is 2. The molecule has 2 amide bonds. The average Bonchev–Trinajstić information content (AvgIpc) is 2.69. The topological polar surface area (TPSA) is 58.2 Å². The third kappa shape index (κ3) is 4.88. The normalized spacial score (nSPS) is 10.3. The van der Waals surface area contributed by atoms with Gasteiger partial charge in [0.1, 0.15) is 0 Å². The van der Waals surface area contributed by atoms with Crippen LogP contribution in [0.25, 0.3) is 0 Å². The second-order valence-corrected chi connectivity index (χ2v) is 6.64. The van der Waals surface area contributed by atoms with Crippen LogP contribution in [0.5, 0.6) is 0 Å². The van der Waals surface area contributed by atoms with Gasteiger partial charge in [0.2, 0.25) is 0 Å². The van der Waals surface area contributed by atoms with Crippen LogP contribution in [-0.4, -0.2) is 11.8 Å². The molecule has 3 rings (SSSR count). The van der Waals surface area contributed by atoms with Gasteiger partial charge in [-0.1, -0.05) is 65.7 Å². The van der Waals surface area contributed by atoms with Crippen molar-refractivity contribution in [3.05, 3.63) is 99.5 Å². The lowest BCUT2D eigenvalue weighted by Crippen LogP contribution is -2.25. The number of anilines is 1. The minimum absolute atomic E-state index is 0.240. The standard InChI is InChI=1S/C21H16Cl2N2O2/c22-15-10-11-18(23)17(12-15)21(27)25-19-9-5-4-8-16(19)20(26)24-13-14-6-2-1-3-7-14/h1-12H,13H2,(H,24,26)(H,25,27). The predicted octanol–water partition coefficient (Wildman–Crippen LogP) is 5.18. The monoisotopic (exact) mass is 398 g/mol. The Balaban J connectivity index is 1.76. The summed E-state index contributed by atoms with van der Waals surface area (Å²) in [4.78, 5) is 25.1. The van der Waals surface area contributed by atoms with Crippen molar-refractivity contribution in [2.75, 3.05) is 5.32 Å². The van der Waals surface area contributed by atoms with Gasteiger partial charge < -0.3 is 10.6 Å². The van der Waals surface area contributed by atoms with Gasteiger partial charge in [-0.3, -0.25) is 9.59 Å². The summed E-state index contributed by atoms with van der Waals surface area (Å²) >= 11 is 12.0. The Morgan fingerprint density at radius 3 is 2.26 bits per heavy atom. The first-order chi connectivity index (χ1) is 13.0. The molecule has 0 aliphatic rings. The Bertz CT molecular complexity index is 975. The summed E-state index contributed by atoms with van der Waals surface area (Å²) in [5.74, 6) is -0.724. The van der Waals surface area contributed by atoms with E-state index in [2.05, 4.69) is 10.6 Å². The van der Waals surface area contributed by atoms with Crippen LogP contribution in [0.2, 0.25) is 10.0 Å². The molecule has 27 heavy (non-hydrogen) atoms. The molecule has 136 valence electrons. The molecule has 0 aromatic heterocycles. The molecule has 3 aromatic rings. The highest BCUT2D eigenvalue weighted by atomic mass is 35.5. The third-order valence-electron chi connectivity index (χ3n) is 3.89. The van der Waals surface area contributed by atoms with E-state index in [-0.39, 0.29) is 16.5 Å². The molecule has 4 nitrogen and oxygen atoms in total. The summed E-state index contributed by atoms with van der Waals surface area (Å²) in [5.41, 5.74) is 1.98. The lowest BCUT2D eigenvalue weighted by molar-refractivity contribution is 0.0952. The van der Waals surface area contributed by atoms with Gasteiger partial charge in [0.15, 0.2) is 0 Å². The van der Waals surface area contributed by atoms with E-state index in [0.717, 1.165) is 5.56 Å². The maximum atomic E-state index is 12.6. The SMILES string of the molecule is O=C(Nc1ccccc1C(=O)NCc1ccccc1)c1cc(Cl)ccc1Cl. The van der Waals surface area contributed by atoms with Crippen LogP contribution in [0.4, 0.5) is 5.69 Å². The summed E-state index contributed by atoms with van der Waals surface area (Å²) in [7, 11) is 0. The van der Waals surface area contributed by atoms with Gasteiger partial charge in [-0.25, -0.2) is 0 Å². The molecule has 0 heterocycles. The van der Waals surface area contributed by atoms with Crippen LogP contribution in [0, 0.1) is 0 Å². The first-order valence-corrected chi connectivity index (χ1v) is 8.98. The highest BCUT2D eigenvalue weighted by Gasteiger charge is 2.16. The van der Waals surface area contributed by atoms with Crippen LogP contribution in [0.3, 0.4) is 0 Å². The number of halogens is 2. The number of rotatable bonds is 5. The van der Waals surface area contributed by atoms with Gasteiger partial charge in [-0.2, -0.15) is 0 Å². The number of amides is 2. The maximum absolute atomic E-state index is 12.6. The maximum Gasteiger partial charge on any atom is 0.257 e. The molecule has 3 aromatic carbocycles. The molecular weight excluding hydrogens is 383 g/mol. The van der Waals surface area contributed by atoms with Crippen molar-refractivity contribution >= 4 is 40.7 Å². The van der Waals surface area contributed by atoms with Crippen molar-refractivity contribution in [2.24, 2.45) is 0 Å². The zero-order chi connectivity index (χ0) is 19.2. The van der Waals surface area contributed by atoms with Crippen molar-refractivity contribution in [1.29, 1.82) is 0 Å². The van der Waals surface area contributed by atoms with Gasteiger partial charge in [-0.15, -0.1) is 0 Å². The highest BCUT2D eigenvalue weighted by Crippen LogP contribution is 2.23. The number of para-hydroxylation sites is 1. The second-order valence-electron chi connectivity index (χ2n) is 5.79. The fourth-order valence-electron chi connectivity index (χ4n) is 2.52. The average molecular weight is 399 g/mol. The number of carbonyl (C=O) groups is 2. The molecule has 0 unspecified atom stereocenters. The van der Waals surface area contributed by atoms with E-state index in [0.29, 0.717) is 22.8 Å². The van der Waals surface area contributed by atoms with Crippen molar-refractivity contribution in [1.82, 2.24) is 5.32 Å². The molecule has 2 N–H and O–H groups in total. The van der Waals surface area contributed by atoms with Crippen molar-refractivity contribution in [3.8, 4) is 0 Å². The third-order valence-corrected chi connectivity index (χ3v) is 4.45. The fraction of sp³-hybridized carbons (Fsp3) is 0.0476. The minimum Gasteiger partial charge on any atom is -0.348 e. The van der Waals surface area contributed by atoms with E-state index < -0.39 is 5.91 Å². The summed E-state index contributed by atoms with van der Waals surface area (Å²) in [6, 6.07) is 21.0. The van der Waals surface area contributed by atoms with Crippen LogP contribution in [0.1, 0.15) is 26.3 Å². The number of benzene rings is 3. The number of carbonyl (C=O) groups excluding carboxylic acids is 2. The van der Waals surface area contributed by atoms with Crippen LogP contribution in [-0.2, 0) is 6.54 Å². The molecular formula is C21H16Cl2N2O2. The lowest BCUT2D eigenvalue weighted by Gasteiger charge is -2.12. The molecule has 0 aliphatic carbocycles. The molecule has 0 fully saturated rings. The van der Waals surface area contributed by atoms with E-state index in [1.54, 1.807) is 36.4 Å². The highest BCUT2D eigenvalue weighted by molar-refractivity contribution is 6.36. The Kier molecular flexibility index (Phi) is 6.12. The first kappa shape index (κ1) is 19.0. The van der Waals surface area contributed by atoms with E-state index in [1.165, 1.54) is 6.07 Å². The molecule has 0 spiro atoms. The molecule has 0 saturated carbocycles. The zero-order valence-electron chi connectivity index (χ0n) is 14.2. The summed E-state index contributed by atoms with van der Waals surface area (Å²) in [6.07, 6.45) is 0. The van der Waals surface area contributed by atoms with E-state index in [9.17, 15) is 9.59 Å². The Hall–Kier alpha value is -2.82. The molecule has 6 heteroatoms. The quantitative estimate of drug-likeness (QED) is 0.622. The molecule has 0 aliphatic heterocycles. The van der Waals surface area contributed by atoms with Crippen LogP contribution in [0.15, 0.2) is 72.8 Å². The largest absolute Gasteiger partial charge is 0.348 e. The van der Waals surface area contributed by atoms with Gasteiger partial charge in [-0.05, 0) is 35.9 Å². The van der Waals surface area contributed by atoms with Crippen LogP contribution >= 0.6 is 23.2 Å². The Labute approximate surface area is 167 Å². The van der Waals surface area contributed by atoms with Crippen LogP contribution < -0.4 is 10.6 Å². The van der Waals surface area contributed by atoms with Crippen molar-refractivity contribution < 1.29 is 9.59 Å². The number of hydrogen-bond donors (Lipinski definition) is 2. The second kappa shape index (κ2) is 8.71. The van der Waals surface area contributed by atoms with Crippen molar-refractivity contribution in [3.63, 3.8) is 0 Å². The summed E-state index contributed by atoms with van der Waals surface area (Å²) in [5, 5.41) is 6.26. The van der Waals surface area contributed by atoms with Gasteiger partial charge >= 0.3 is 0 Å². The zero-order valence-corrected chi connectivity index (χ0v) is 15.7. The Morgan fingerprint density at radius 2 is 1.48 bits per heavy atom. The summed E-state index contributed by atoms with van der Waals surface area (Å²) < 4.78 is 0. The van der Waals surface area contributed by atoms with Crippen molar-refractivity contribution in [2.45, 2.75) is 6.54 Å². The minimum atomic E-state index is -0.439. The Morgan fingerprint density at radius 1 is 0.778 bits per heavy atom. The molecule has 0 atom stereocenters. The van der Waals surface area contributed by atoms with Gasteiger partial charge in [0.05, 0.1) is 21.8 Å². The molecule has 0 radical (unpaired) electrons. The van der Waals surface area contributed by atoms with Gasteiger partial charge in [0.25, 0.3) is 11.8 Å². The molecule has 0 bridgehead atoms. The molecule has 0 saturated heterocycles. The van der Waals surface area contributed by atoms with E-state index in [1.807, 2.05) is 30.3 Å². The number of nitrogens with one attached hydrogen (secondary N) is 2. The smallest absolute Gasteiger partial charge is 0.257 e. The lowest BCUT2D eigenvalue weighted by atomic mass is 10.1. The predicted molar refractivity (Wildman–Crippen MR) is 108 cm³/mol. The first-order valence-electron chi connectivity index (χ1n) is 8.22. The van der Waals surface area contributed by atoms with E-state index in [4.69, 9.17) is 23.2 Å². The van der Waals surface area contributed by atoms with E-state index >= 15 is 0 Å². The van der Waals surface area contributed by atoms with Gasteiger partial charge in [0, 0.05) is 11.6 Å².